The Hall–Kier alpha value is -1.33. The van der Waals surface area contributed by atoms with Crippen molar-refractivity contribution < 1.29 is 4.74 Å². The minimum absolute atomic E-state index is 0. The van der Waals surface area contributed by atoms with E-state index in [9.17, 15) is 0 Å². The fraction of sp³-hybridized carbons (Fsp3) is 0.450. The van der Waals surface area contributed by atoms with Crippen LogP contribution in [0.4, 0.5) is 0 Å². The minimum Gasteiger partial charge on any atom is -0.455 e. The third kappa shape index (κ3) is 6.76. The molecular weight excluding hydrogens is 369 g/mol. The summed E-state index contributed by atoms with van der Waals surface area (Å²) in [6.45, 7) is 4.44. The molecular formula is C20H29Cl2N3O. The van der Waals surface area contributed by atoms with Gasteiger partial charge in [0.2, 0.25) is 0 Å². The van der Waals surface area contributed by atoms with Gasteiger partial charge in [0.05, 0.1) is 6.20 Å². The van der Waals surface area contributed by atoms with Crippen LogP contribution >= 0.6 is 24.8 Å². The summed E-state index contributed by atoms with van der Waals surface area (Å²) in [6, 6.07) is 12.2. The van der Waals surface area contributed by atoms with E-state index in [1.165, 1.54) is 37.9 Å². The number of para-hydroxylation sites is 1. The highest BCUT2D eigenvalue weighted by Crippen LogP contribution is 2.27. The Bertz CT molecular complexity index is 619. The third-order valence-corrected chi connectivity index (χ3v) is 4.74. The molecule has 0 radical (unpaired) electrons. The number of nitrogens with one attached hydrogen (secondary N) is 1. The average Bonchev–Trinajstić information content (AvgIpc) is 2.64. The number of likely N-dealkylation sites (tertiary alicyclic amines) is 1. The SMILES string of the molecule is CNCCC1CCN(Cc2ccccc2Oc2cccnc2)CC1.Cl.Cl. The number of pyridine rings is 1. The summed E-state index contributed by atoms with van der Waals surface area (Å²) in [5, 5.41) is 3.26. The monoisotopic (exact) mass is 397 g/mol. The van der Waals surface area contributed by atoms with Gasteiger partial charge in [0.15, 0.2) is 0 Å². The Morgan fingerprint density at radius 2 is 1.88 bits per heavy atom. The Balaban J connectivity index is 0.00000169. The van der Waals surface area contributed by atoms with Crippen LogP contribution in [0.25, 0.3) is 0 Å². The van der Waals surface area contributed by atoms with Crippen LogP contribution in [0.2, 0.25) is 0 Å². The average molecular weight is 398 g/mol. The molecule has 0 spiro atoms. The molecule has 1 N–H and O–H groups in total. The van der Waals surface area contributed by atoms with Gasteiger partial charge in [-0.15, -0.1) is 24.8 Å². The molecule has 0 saturated carbocycles. The summed E-state index contributed by atoms with van der Waals surface area (Å²) < 4.78 is 6.03. The maximum Gasteiger partial charge on any atom is 0.145 e. The summed E-state index contributed by atoms with van der Waals surface area (Å²) >= 11 is 0. The van der Waals surface area contributed by atoms with Gasteiger partial charge in [-0.05, 0) is 70.1 Å². The van der Waals surface area contributed by atoms with Gasteiger partial charge in [-0.3, -0.25) is 9.88 Å². The maximum atomic E-state index is 6.03. The first-order valence-electron chi connectivity index (χ1n) is 8.88. The zero-order valence-corrected chi connectivity index (χ0v) is 16.9. The van der Waals surface area contributed by atoms with Crippen molar-refractivity contribution in [1.29, 1.82) is 0 Å². The number of benzene rings is 1. The van der Waals surface area contributed by atoms with E-state index in [1.54, 1.807) is 12.4 Å². The summed E-state index contributed by atoms with van der Waals surface area (Å²) in [5.74, 6) is 2.59. The van der Waals surface area contributed by atoms with Gasteiger partial charge in [-0.2, -0.15) is 0 Å². The van der Waals surface area contributed by atoms with Crippen LogP contribution < -0.4 is 10.1 Å². The number of hydrogen-bond donors (Lipinski definition) is 1. The van der Waals surface area contributed by atoms with Crippen molar-refractivity contribution in [2.45, 2.75) is 25.8 Å². The van der Waals surface area contributed by atoms with Gasteiger partial charge >= 0.3 is 0 Å². The summed E-state index contributed by atoms with van der Waals surface area (Å²) in [5.41, 5.74) is 1.25. The number of nitrogens with zero attached hydrogens (tertiary/aromatic N) is 2. The van der Waals surface area contributed by atoms with E-state index in [4.69, 9.17) is 4.74 Å². The highest BCUT2D eigenvalue weighted by atomic mass is 35.5. The van der Waals surface area contributed by atoms with Crippen molar-refractivity contribution in [3.05, 3.63) is 54.4 Å². The number of hydrogen-bond acceptors (Lipinski definition) is 4. The molecule has 4 nitrogen and oxygen atoms in total. The van der Waals surface area contributed by atoms with Crippen molar-refractivity contribution in [1.82, 2.24) is 15.2 Å². The number of ether oxygens (including phenoxy) is 1. The molecule has 144 valence electrons. The minimum atomic E-state index is 0. The van der Waals surface area contributed by atoms with Crippen LogP contribution in [-0.2, 0) is 6.54 Å². The first-order chi connectivity index (χ1) is 11.8. The molecule has 0 bridgehead atoms. The zero-order valence-electron chi connectivity index (χ0n) is 15.3. The molecule has 1 saturated heterocycles. The van der Waals surface area contributed by atoms with E-state index in [0.717, 1.165) is 30.5 Å². The smallest absolute Gasteiger partial charge is 0.145 e. The first kappa shape index (κ1) is 22.7. The fourth-order valence-electron chi connectivity index (χ4n) is 3.29. The van der Waals surface area contributed by atoms with E-state index in [2.05, 4.69) is 27.3 Å². The molecule has 1 aliphatic rings. The van der Waals surface area contributed by atoms with Crippen LogP contribution in [0.15, 0.2) is 48.8 Å². The quantitative estimate of drug-likeness (QED) is 0.743. The lowest BCUT2D eigenvalue weighted by molar-refractivity contribution is 0.171. The lowest BCUT2D eigenvalue weighted by Crippen LogP contribution is -2.34. The number of aromatic nitrogens is 1. The summed E-state index contributed by atoms with van der Waals surface area (Å²) in [6.07, 6.45) is 7.41. The van der Waals surface area contributed by atoms with E-state index < -0.39 is 0 Å². The van der Waals surface area contributed by atoms with E-state index in [-0.39, 0.29) is 24.8 Å². The van der Waals surface area contributed by atoms with Crippen LogP contribution in [-0.4, -0.2) is 36.6 Å². The Kier molecular flexibility index (Phi) is 10.6. The predicted molar refractivity (Wildman–Crippen MR) is 112 cm³/mol. The standard InChI is InChI=1S/C20H27N3O.2ClH/c1-21-12-8-17-9-13-23(14-10-17)16-18-5-2-3-7-20(18)24-19-6-4-11-22-15-19;;/h2-7,11,15,17,21H,8-10,12-14,16H2,1H3;2*1H. The van der Waals surface area contributed by atoms with Crippen LogP contribution in [0.1, 0.15) is 24.8 Å². The lowest BCUT2D eigenvalue weighted by Gasteiger charge is -2.32. The fourth-order valence-corrected chi connectivity index (χ4v) is 3.29. The number of rotatable bonds is 7. The molecule has 26 heavy (non-hydrogen) atoms. The number of piperidine rings is 1. The van der Waals surface area contributed by atoms with Gasteiger partial charge in [-0.25, -0.2) is 0 Å². The maximum absolute atomic E-state index is 6.03. The molecule has 1 aromatic heterocycles. The van der Waals surface area contributed by atoms with Gasteiger partial charge < -0.3 is 10.1 Å². The summed E-state index contributed by atoms with van der Waals surface area (Å²) in [4.78, 5) is 6.66. The highest BCUT2D eigenvalue weighted by Gasteiger charge is 2.19. The van der Waals surface area contributed by atoms with Crippen molar-refractivity contribution >= 4 is 24.8 Å². The molecule has 3 rings (SSSR count). The van der Waals surface area contributed by atoms with Crippen molar-refractivity contribution in [3.63, 3.8) is 0 Å². The molecule has 2 aromatic rings. The molecule has 0 amide bonds. The molecule has 0 unspecified atom stereocenters. The van der Waals surface area contributed by atoms with Crippen molar-refractivity contribution in [2.24, 2.45) is 5.92 Å². The van der Waals surface area contributed by atoms with Crippen LogP contribution in [0, 0.1) is 5.92 Å². The predicted octanol–water partition coefficient (Wildman–Crippen LogP) is 4.54. The van der Waals surface area contributed by atoms with Gasteiger partial charge in [0.25, 0.3) is 0 Å². The normalized spacial score (nSPS) is 15.0. The van der Waals surface area contributed by atoms with Crippen molar-refractivity contribution in [2.75, 3.05) is 26.7 Å². The lowest BCUT2D eigenvalue weighted by atomic mass is 9.93. The number of halogens is 2. The van der Waals surface area contributed by atoms with Gasteiger partial charge in [0, 0.05) is 18.3 Å². The molecule has 0 atom stereocenters. The topological polar surface area (TPSA) is 37.4 Å². The second-order valence-electron chi connectivity index (χ2n) is 6.51. The van der Waals surface area contributed by atoms with E-state index in [1.807, 2.05) is 31.3 Å². The summed E-state index contributed by atoms with van der Waals surface area (Å²) in [7, 11) is 2.04. The van der Waals surface area contributed by atoms with Crippen LogP contribution in [0.3, 0.4) is 0 Å². The van der Waals surface area contributed by atoms with E-state index >= 15 is 0 Å². The molecule has 0 aliphatic carbocycles. The van der Waals surface area contributed by atoms with E-state index in [0.29, 0.717) is 0 Å². The molecule has 6 heteroatoms. The van der Waals surface area contributed by atoms with Crippen LogP contribution in [0.5, 0.6) is 11.5 Å². The zero-order chi connectivity index (χ0) is 16.6. The third-order valence-electron chi connectivity index (χ3n) is 4.74. The largest absolute Gasteiger partial charge is 0.455 e. The Morgan fingerprint density at radius 3 is 2.58 bits per heavy atom. The van der Waals surface area contributed by atoms with Gasteiger partial charge in [0.1, 0.15) is 11.5 Å². The molecule has 1 aliphatic heterocycles. The second kappa shape index (κ2) is 12.1. The first-order valence-corrected chi connectivity index (χ1v) is 8.88. The van der Waals surface area contributed by atoms with Gasteiger partial charge in [-0.1, -0.05) is 18.2 Å². The Labute approximate surface area is 169 Å². The molecule has 1 aromatic carbocycles. The molecule has 1 fully saturated rings. The second-order valence-corrected chi connectivity index (χ2v) is 6.51. The highest BCUT2D eigenvalue weighted by molar-refractivity contribution is 5.85. The molecule has 2 heterocycles. The Morgan fingerprint density at radius 1 is 1.12 bits per heavy atom. The van der Waals surface area contributed by atoms with Crippen molar-refractivity contribution in [3.8, 4) is 11.5 Å².